The highest BCUT2D eigenvalue weighted by molar-refractivity contribution is 5.35. The van der Waals surface area contributed by atoms with Crippen LogP contribution in [0.4, 0.5) is 0 Å². The summed E-state index contributed by atoms with van der Waals surface area (Å²) >= 11 is 0. The minimum absolute atomic E-state index is 0.0855. The zero-order valence-corrected chi connectivity index (χ0v) is 10.4. The van der Waals surface area contributed by atoms with Gasteiger partial charge < -0.3 is 10.5 Å². The zero-order valence-electron chi connectivity index (χ0n) is 10.4. The van der Waals surface area contributed by atoms with E-state index in [0.717, 1.165) is 30.8 Å². The summed E-state index contributed by atoms with van der Waals surface area (Å²) in [6, 6.07) is 8.17. The standard InChI is InChI=1S/C14H23NO/c1-3-5-8-11-16-14-10-7-6-9-12(14)13(15)4-2/h6-7,9-10,13H,3-5,8,11,15H2,1-2H3. The lowest BCUT2D eigenvalue weighted by Crippen LogP contribution is -2.11. The summed E-state index contributed by atoms with van der Waals surface area (Å²) in [5.74, 6) is 0.952. The Morgan fingerprint density at radius 2 is 1.94 bits per heavy atom. The molecule has 1 aromatic carbocycles. The zero-order chi connectivity index (χ0) is 11.8. The van der Waals surface area contributed by atoms with Gasteiger partial charge in [0.1, 0.15) is 5.75 Å². The molecule has 0 saturated carbocycles. The largest absolute Gasteiger partial charge is 0.493 e. The molecule has 0 spiro atoms. The number of benzene rings is 1. The van der Waals surface area contributed by atoms with Crippen molar-refractivity contribution >= 4 is 0 Å². The fraction of sp³-hybridized carbons (Fsp3) is 0.571. The average Bonchev–Trinajstić information content (AvgIpc) is 2.34. The normalized spacial score (nSPS) is 12.4. The Kier molecular flexibility index (Phi) is 5.94. The molecular formula is C14H23NO. The average molecular weight is 221 g/mol. The van der Waals surface area contributed by atoms with Gasteiger partial charge in [0.05, 0.1) is 6.61 Å². The number of hydrogen-bond acceptors (Lipinski definition) is 2. The first-order chi connectivity index (χ1) is 7.79. The second-order valence-electron chi connectivity index (χ2n) is 4.11. The topological polar surface area (TPSA) is 35.2 Å². The molecule has 1 rings (SSSR count). The molecule has 16 heavy (non-hydrogen) atoms. The van der Waals surface area contributed by atoms with Crippen LogP contribution in [0, 0.1) is 0 Å². The highest BCUT2D eigenvalue weighted by atomic mass is 16.5. The van der Waals surface area contributed by atoms with Crippen molar-refractivity contribution in [2.45, 2.75) is 45.6 Å². The minimum atomic E-state index is 0.0855. The summed E-state index contributed by atoms with van der Waals surface area (Å²) in [5.41, 5.74) is 7.17. The van der Waals surface area contributed by atoms with Crippen LogP contribution < -0.4 is 10.5 Å². The lowest BCUT2D eigenvalue weighted by Gasteiger charge is -2.15. The molecule has 0 aliphatic rings. The Morgan fingerprint density at radius 1 is 1.19 bits per heavy atom. The van der Waals surface area contributed by atoms with Gasteiger partial charge in [-0.1, -0.05) is 44.9 Å². The molecule has 0 fully saturated rings. The summed E-state index contributed by atoms with van der Waals surface area (Å²) in [6.45, 7) is 5.08. The van der Waals surface area contributed by atoms with Crippen molar-refractivity contribution in [3.05, 3.63) is 29.8 Å². The van der Waals surface area contributed by atoms with E-state index in [0.29, 0.717) is 0 Å². The molecule has 0 aliphatic carbocycles. The molecule has 2 heteroatoms. The molecule has 2 N–H and O–H groups in total. The minimum Gasteiger partial charge on any atom is -0.493 e. The van der Waals surface area contributed by atoms with Crippen molar-refractivity contribution in [3.8, 4) is 5.75 Å². The number of rotatable bonds is 7. The predicted octanol–water partition coefficient (Wildman–Crippen LogP) is 3.67. The fourth-order valence-corrected chi connectivity index (χ4v) is 1.67. The number of para-hydroxylation sites is 1. The third-order valence-electron chi connectivity index (χ3n) is 2.76. The quantitative estimate of drug-likeness (QED) is 0.713. The second-order valence-corrected chi connectivity index (χ2v) is 4.11. The van der Waals surface area contributed by atoms with Gasteiger partial charge in [0, 0.05) is 11.6 Å². The first-order valence-electron chi connectivity index (χ1n) is 6.26. The van der Waals surface area contributed by atoms with E-state index in [1.54, 1.807) is 0 Å². The van der Waals surface area contributed by atoms with E-state index in [2.05, 4.69) is 19.9 Å². The van der Waals surface area contributed by atoms with Crippen LogP contribution >= 0.6 is 0 Å². The molecule has 1 aromatic rings. The first-order valence-corrected chi connectivity index (χ1v) is 6.26. The van der Waals surface area contributed by atoms with E-state index in [-0.39, 0.29) is 6.04 Å². The van der Waals surface area contributed by atoms with E-state index in [9.17, 15) is 0 Å². The van der Waals surface area contributed by atoms with Crippen molar-refractivity contribution < 1.29 is 4.74 Å². The van der Waals surface area contributed by atoms with Crippen LogP contribution in [0.5, 0.6) is 5.75 Å². The summed E-state index contributed by atoms with van der Waals surface area (Å²) < 4.78 is 5.78. The van der Waals surface area contributed by atoms with Crippen LogP contribution in [0.1, 0.15) is 51.1 Å². The number of nitrogens with two attached hydrogens (primary N) is 1. The van der Waals surface area contributed by atoms with Gasteiger partial charge >= 0.3 is 0 Å². The van der Waals surface area contributed by atoms with Crippen LogP contribution in [0.25, 0.3) is 0 Å². The molecule has 90 valence electrons. The molecule has 0 bridgehead atoms. The highest BCUT2D eigenvalue weighted by Crippen LogP contribution is 2.25. The lowest BCUT2D eigenvalue weighted by molar-refractivity contribution is 0.301. The molecule has 0 aliphatic heterocycles. The molecule has 0 heterocycles. The molecule has 1 unspecified atom stereocenters. The predicted molar refractivity (Wildman–Crippen MR) is 68.7 cm³/mol. The maximum Gasteiger partial charge on any atom is 0.124 e. The Balaban J connectivity index is 2.57. The van der Waals surface area contributed by atoms with Crippen LogP contribution in [0.15, 0.2) is 24.3 Å². The molecule has 0 saturated heterocycles. The van der Waals surface area contributed by atoms with E-state index in [1.165, 1.54) is 12.8 Å². The summed E-state index contributed by atoms with van der Waals surface area (Å²) in [7, 11) is 0. The summed E-state index contributed by atoms with van der Waals surface area (Å²) in [5, 5.41) is 0. The second kappa shape index (κ2) is 7.29. The van der Waals surface area contributed by atoms with Crippen molar-refractivity contribution in [2.24, 2.45) is 5.73 Å². The van der Waals surface area contributed by atoms with Crippen molar-refractivity contribution in [2.75, 3.05) is 6.61 Å². The summed E-state index contributed by atoms with van der Waals surface area (Å²) in [6.07, 6.45) is 4.50. The van der Waals surface area contributed by atoms with Crippen molar-refractivity contribution in [1.82, 2.24) is 0 Å². The van der Waals surface area contributed by atoms with Gasteiger partial charge in [0.25, 0.3) is 0 Å². The van der Waals surface area contributed by atoms with Crippen LogP contribution in [-0.2, 0) is 0 Å². The Bertz CT molecular complexity index is 299. The molecule has 1 atom stereocenters. The number of hydrogen-bond donors (Lipinski definition) is 1. The van der Waals surface area contributed by atoms with Crippen LogP contribution in [0.3, 0.4) is 0 Å². The summed E-state index contributed by atoms with van der Waals surface area (Å²) in [4.78, 5) is 0. The van der Waals surface area contributed by atoms with E-state index in [4.69, 9.17) is 10.5 Å². The van der Waals surface area contributed by atoms with Crippen LogP contribution in [-0.4, -0.2) is 6.61 Å². The third kappa shape index (κ3) is 3.86. The highest BCUT2D eigenvalue weighted by Gasteiger charge is 2.09. The maximum absolute atomic E-state index is 6.05. The van der Waals surface area contributed by atoms with E-state index < -0.39 is 0 Å². The van der Waals surface area contributed by atoms with Crippen molar-refractivity contribution in [3.63, 3.8) is 0 Å². The molecule has 0 radical (unpaired) electrons. The van der Waals surface area contributed by atoms with Gasteiger partial charge in [-0.2, -0.15) is 0 Å². The smallest absolute Gasteiger partial charge is 0.124 e. The van der Waals surface area contributed by atoms with Gasteiger partial charge in [-0.05, 0) is 18.9 Å². The van der Waals surface area contributed by atoms with E-state index >= 15 is 0 Å². The molecule has 0 amide bonds. The monoisotopic (exact) mass is 221 g/mol. The Morgan fingerprint density at radius 3 is 2.62 bits per heavy atom. The van der Waals surface area contributed by atoms with Gasteiger partial charge in [0.2, 0.25) is 0 Å². The molecule has 2 nitrogen and oxygen atoms in total. The first kappa shape index (κ1) is 13.0. The maximum atomic E-state index is 6.05. The molecule has 0 aromatic heterocycles. The number of unbranched alkanes of at least 4 members (excludes halogenated alkanes) is 2. The van der Waals surface area contributed by atoms with Gasteiger partial charge in [-0.3, -0.25) is 0 Å². The number of ether oxygens (including phenoxy) is 1. The van der Waals surface area contributed by atoms with Crippen molar-refractivity contribution in [1.29, 1.82) is 0 Å². The lowest BCUT2D eigenvalue weighted by atomic mass is 10.0. The van der Waals surface area contributed by atoms with Gasteiger partial charge in [-0.15, -0.1) is 0 Å². The van der Waals surface area contributed by atoms with Gasteiger partial charge in [0.15, 0.2) is 0 Å². The molecular weight excluding hydrogens is 198 g/mol. The SMILES string of the molecule is CCCCCOc1ccccc1C(N)CC. The van der Waals surface area contributed by atoms with Gasteiger partial charge in [-0.25, -0.2) is 0 Å². The third-order valence-corrected chi connectivity index (χ3v) is 2.76. The van der Waals surface area contributed by atoms with Crippen LogP contribution in [0.2, 0.25) is 0 Å². The fourth-order valence-electron chi connectivity index (χ4n) is 1.67. The Hall–Kier alpha value is -1.02. The Labute approximate surface area is 98.8 Å². The van der Waals surface area contributed by atoms with E-state index in [1.807, 2.05) is 18.2 Å².